The summed E-state index contributed by atoms with van der Waals surface area (Å²) in [5.74, 6) is 0.494. The van der Waals surface area contributed by atoms with Crippen LogP contribution in [0.3, 0.4) is 0 Å². The molecule has 0 aliphatic heterocycles. The van der Waals surface area contributed by atoms with Crippen LogP contribution in [0.15, 0.2) is 59.8 Å². The van der Waals surface area contributed by atoms with Gasteiger partial charge in [-0.1, -0.05) is 54.2 Å². The van der Waals surface area contributed by atoms with E-state index in [1.807, 2.05) is 41.8 Å². The summed E-state index contributed by atoms with van der Waals surface area (Å²) in [7, 11) is 1.64. The molecule has 0 atom stereocenters. The molecule has 0 spiro atoms. The van der Waals surface area contributed by atoms with Gasteiger partial charge in [-0.25, -0.2) is 0 Å². The van der Waals surface area contributed by atoms with Gasteiger partial charge >= 0.3 is 6.36 Å². The summed E-state index contributed by atoms with van der Waals surface area (Å²) in [6.07, 6.45) is -4.73. The monoisotopic (exact) mass is 450 g/mol. The lowest BCUT2D eigenvalue weighted by atomic mass is 10.2. The van der Waals surface area contributed by atoms with E-state index in [9.17, 15) is 18.0 Å². The van der Waals surface area contributed by atoms with Crippen LogP contribution < -0.4 is 4.74 Å². The average Bonchev–Trinajstić information content (AvgIpc) is 3.06. The second-order valence-corrected chi connectivity index (χ2v) is 7.77. The Hall–Kier alpha value is -3.01. The van der Waals surface area contributed by atoms with Crippen molar-refractivity contribution in [3.05, 3.63) is 71.5 Å². The first kappa shape index (κ1) is 22.7. The second-order valence-electron chi connectivity index (χ2n) is 6.83. The van der Waals surface area contributed by atoms with Crippen LogP contribution in [0.1, 0.15) is 17.0 Å². The third-order valence-electron chi connectivity index (χ3n) is 4.41. The number of aromatic nitrogens is 3. The van der Waals surface area contributed by atoms with Crippen molar-refractivity contribution in [2.24, 2.45) is 0 Å². The molecule has 0 aliphatic rings. The molecule has 0 saturated carbocycles. The zero-order valence-electron chi connectivity index (χ0n) is 17.0. The molecule has 3 rings (SSSR count). The molecule has 31 heavy (non-hydrogen) atoms. The van der Waals surface area contributed by atoms with Crippen LogP contribution in [0.25, 0.3) is 0 Å². The summed E-state index contributed by atoms with van der Waals surface area (Å²) in [4.78, 5) is 14.0. The van der Waals surface area contributed by atoms with Crippen molar-refractivity contribution in [1.82, 2.24) is 19.7 Å². The van der Waals surface area contributed by atoms with Gasteiger partial charge in [-0.3, -0.25) is 4.79 Å². The molecule has 10 heteroatoms. The fraction of sp³-hybridized carbons (Fsp3) is 0.286. The van der Waals surface area contributed by atoms with Crippen LogP contribution in [0.4, 0.5) is 13.2 Å². The third-order valence-corrected chi connectivity index (χ3v) is 5.36. The Labute approximate surface area is 182 Å². The molecule has 0 radical (unpaired) electrons. The Morgan fingerprint density at radius 3 is 2.39 bits per heavy atom. The van der Waals surface area contributed by atoms with Gasteiger partial charge in [-0.2, -0.15) is 0 Å². The van der Waals surface area contributed by atoms with Crippen molar-refractivity contribution in [1.29, 1.82) is 0 Å². The largest absolute Gasteiger partial charge is 0.573 e. The Morgan fingerprint density at radius 2 is 1.74 bits per heavy atom. The highest BCUT2D eigenvalue weighted by atomic mass is 32.2. The molecule has 6 nitrogen and oxygen atoms in total. The summed E-state index contributed by atoms with van der Waals surface area (Å²) in [6.45, 7) is 2.74. The van der Waals surface area contributed by atoms with Crippen molar-refractivity contribution in [3.63, 3.8) is 0 Å². The van der Waals surface area contributed by atoms with Crippen molar-refractivity contribution >= 4 is 17.7 Å². The maximum atomic E-state index is 12.5. The first-order chi connectivity index (χ1) is 14.7. The molecule has 0 bridgehead atoms. The van der Waals surface area contributed by atoms with Gasteiger partial charge in [0, 0.05) is 13.6 Å². The number of carbonyl (C=O) groups is 1. The molecular weight excluding hydrogens is 429 g/mol. The lowest BCUT2D eigenvalue weighted by Crippen LogP contribution is -2.28. The number of nitrogens with zero attached hydrogens (tertiary/aromatic N) is 4. The number of amides is 1. The number of hydrogen-bond acceptors (Lipinski definition) is 5. The molecule has 164 valence electrons. The predicted octanol–water partition coefficient (Wildman–Crippen LogP) is 4.28. The van der Waals surface area contributed by atoms with E-state index in [0.717, 1.165) is 11.4 Å². The summed E-state index contributed by atoms with van der Waals surface area (Å²) in [6, 6.07) is 15.3. The molecule has 2 aromatic carbocycles. The Balaban J connectivity index is 1.55. The van der Waals surface area contributed by atoms with Crippen molar-refractivity contribution in [2.45, 2.75) is 31.5 Å². The van der Waals surface area contributed by atoms with E-state index in [2.05, 4.69) is 14.9 Å². The molecule has 0 fully saturated rings. The minimum Gasteiger partial charge on any atom is -0.406 e. The Bertz CT molecular complexity index is 1010. The van der Waals surface area contributed by atoms with Crippen LogP contribution in [-0.2, 0) is 17.9 Å². The highest BCUT2D eigenvalue weighted by molar-refractivity contribution is 7.99. The fourth-order valence-electron chi connectivity index (χ4n) is 2.81. The van der Waals surface area contributed by atoms with E-state index >= 15 is 0 Å². The van der Waals surface area contributed by atoms with Crippen LogP contribution >= 0.6 is 11.8 Å². The number of benzene rings is 2. The predicted molar refractivity (Wildman–Crippen MR) is 111 cm³/mol. The highest BCUT2D eigenvalue weighted by Crippen LogP contribution is 2.23. The smallest absolute Gasteiger partial charge is 0.406 e. The maximum Gasteiger partial charge on any atom is 0.573 e. The fourth-order valence-corrected chi connectivity index (χ4v) is 3.74. The van der Waals surface area contributed by atoms with Crippen molar-refractivity contribution < 1.29 is 22.7 Å². The second kappa shape index (κ2) is 9.86. The lowest BCUT2D eigenvalue weighted by Gasteiger charge is -2.17. The molecule has 3 aromatic rings. The van der Waals surface area contributed by atoms with Crippen LogP contribution in [0.2, 0.25) is 0 Å². The quantitative estimate of drug-likeness (QED) is 0.480. The van der Waals surface area contributed by atoms with Gasteiger partial charge in [-0.05, 0) is 30.2 Å². The molecule has 1 heterocycles. The van der Waals surface area contributed by atoms with Gasteiger partial charge in [0.25, 0.3) is 0 Å². The molecule has 0 saturated heterocycles. The summed E-state index contributed by atoms with van der Waals surface area (Å²) < 4.78 is 42.5. The SMILES string of the molecule is Cc1nnc(SCC(=O)N(C)Cc2ccc(OC(F)(F)F)cc2)n1Cc1ccccc1. The molecule has 1 aromatic heterocycles. The molecule has 0 aliphatic carbocycles. The maximum absolute atomic E-state index is 12.5. The van der Waals surface area contributed by atoms with Gasteiger partial charge in [0.1, 0.15) is 11.6 Å². The van der Waals surface area contributed by atoms with Crippen molar-refractivity contribution in [3.8, 4) is 5.75 Å². The van der Waals surface area contributed by atoms with Crippen LogP contribution in [0, 0.1) is 6.92 Å². The number of rotatable bonds is 8. The summed E-state index contributed by atoms with van der Waals surface area (Å²) in [5.41, 5.74) is 1.80. The minimum absolute atomic E-state index is 0.132. The van der Waals surface area contributed by atoms with E-state index in [-0.39, 0.29) is 24.0 Å². The molecule has 0 unspecified atom stereocenters. The van der Waals surface area contributed by atoms with Crippen molar-refractivity contribution in [2.75, 3.05) is 12.8 Å². The average molecular weight is 450 g/mol. The number of aryl methyl sites for hydroxylation is 1. The van der Waals surface area contributed by atoms with Gasteiger partial charge in [0.2, 0.25) is 5.91 Å². The van der Waals surface area contributed by atoms with Gasteiger partial charge in [-0.15, -0.1) is 23.4 Å². The zero-order valence-corrected chi connectivity index (χ0v) is 17.8. The van der Waals surface area contributed by atoms with Crippen LogP contribution in [-0.4, -0.2) is 44.7 Å². The van der Waals surface area contributed by atoms with E-state index in [1.165, 1.54) is 40.9 Å². The topological polar surface area (TPSA) is 60.3 Å². The number of carbonyl (C=O) groups excluding carboxylic acids is 1. The van der Waals surface area contributed by atoms with Crippen LogP contribution in [0.5, 0.6) is 5.75 Å². The first-order valence-electron chi connectivity index (χ1n) is 9.36. The van der Waals surface area contributed by atoms with E-state index in [0.29, 0.717) is 17.3 Å². The molecule has 0 N–H and O–H groups in total. The number of ether oxygens (including phenoxy) is 1. The standard InChI is InChI=1S/C21H21F3N4O2S/c1-15-25-26-20(28(15)13-16-6-4-3-5-7-16)31-14-19(29)27(2)12-17-8-10-18(11-9-17)30-21(22,23)24/h3-11H,12-14H2,1-2H3. The Kier molecular flexibility index (Phi) is 7.21. The lowest BCUT2D eigenvalue weighted by molar-refractivity contribution is -0.274. The van der Waals surface area contributed by atoms with Gasteiger partial charge in [0.05, 0.1) is 12.3 Å². The van der Waals surface area contributed by atoms with E-state index in [4.69, 9.17) is 0 Å². The summed E-state index contributed by atoms with van der Waals surface area (Å²) >= 11 is 1.30. The Morgan fingerprint density at radius 1 is 1.06 bits per heavy atom. The van der Waals surface area contributed by atoms with E-state index < -0.39 is 6.36 Å². The van der Waals surface area contributed by atoms with Gasteiger partial charge in [0.15, 0.2) is 5.16 Å². The molecule has 1 amide bonds. The number of thioether (sulfide) groups is 1. The summed E-state index contributed by atoms with van der Waals surface area (Å²) in [5, 5.41) is 8.93. The molecular formula is C21H21F3N4O2S. The first-order valence-corrected chi connectivity index (χ1v) is 10.3. The highest BCUT2D eigenvalue weighted by Gasteiger charge is 2.31. The number of halogens is 3. The zero-order chi connectivity index (χ0) is 22.4. The number of hydrogen-bond donors (Lipinski definition) is 0. The normalized spacial score (nSPS) is 11.4. The minimum atomic E-state index is -4.73. The number of alkyl halides is 3. The third kappa shape index (κ3) is 6.74. The van der Waals surface area contributed by atoms with Gasteiger partial charge < -0.3 is 14.2 Å². The van der Waals surface area contributed by atoms with E-state index in [1.54, 1.807) is 7.05 Å².